The van der Waals surface area contributed by atoms with Crippen molar-refractivity contribution in [1.82, 2.24) is 10.2 Å². The maximum absolute atomic E-state index is 13.7. The number of sulfonamides is 1. The van der Waals surface area contributed by atoms with Crippen LogP contribution in [0.25, 0.3) is 0 Å². The predicted octanol–water partition coefficient (Wildman–Crippen LogP) is 5.09. The summed E-state index contributed by atoms with van der Waals surface area (Å²) in [5.74, 6) is -0.453. The number of ether oxygens (including phenoxy) is 2. The molecular weight excluding hydrogens is 585 g/mol. The molecule has 4 aromatic carbocycles. The van der Waals surface area contributed by atoms with Crippen molar-refractivity contribution in [2.75, 3.05) is 25.0 Å². The Morgan fingerprint density at radius 2 is 1.55 bits per heavy atom. The first kappa shape index (κ1) is 31.8. The smallest absolute Gasteiger partial charge is 0.261 e. The van der Waals surface area contributed by atoms with E-state index in [1.807, 2.05) is 18.2 Å². The van der Waals surface area contributed by atoms with E-state index in [1.54, 1.807) is 49.6 Å². The number of carbonyl (C=O) groups is 2. The van der Waals surface area contributed by atoms with Crippen LogP contribution in [0, 0.1) is 5.82 Å². The normalized spacial score (nSPS) is 11.6. The molecule has 0 fully saturated rings. The lowest BCUT2D eigenvalue weighted by Crippen LogP contribution is -2.45. The fourth-order valence-corrected chi connectivity index (χ4v) is 5.36. The molecule has 0 aliphatic rings. The summed E-state index contributed by atoms with van der Waals surface area (Å²) in [6.07, 6.45) is 1.55. The standard InChI is InChI=1S/C33H32FN3O6S/c1-3-21-35-33(39)32(25-7-5-4-6-8-25)37(22-24-9-15-28(42-2)16-10-24)31(38)23-43-29-17-19-30(20-18-29)44(40,41)36-27-13-11-26(34)12-14-27/h3-20,32,36H,1,21-23H2,2H3,(H,35,39). The number of carbonyl (C=O) groups excluding carboxylic acids is 2. The van der Waals surface area contributed by atoms with Gasteiger partial charge in [-0.1, -0.05) is 48.5 Å². The number of nitrogens with one attached hydrogen (secondary N) is 2. The van der Waals surface area contributed by atoms with Gasteiger partial charge in [-0.25, -0.2) is 12.8 Å². The van der Waals surface area contributed by atoms with Crippen LogP contribution in [0.4, 0.5) is 10.1 Å². The molecule has 0 aromatic heterocycles. The van der Waals surface area contributed by atoms with E-state index in [1.165, 1.54) is 41.3 Å². The molecule has 0 bridgehead atoms. The molecule has 11 heteroatoms. The average Bonchev–Trinajstić information content (AvgIpc) is 3.04. The topological polar surface area (TPSA) is 114 Å². The summed E-state index contributed by atoms with van der Waals surface area (Å²) in [4.78, 5) is 28.5. The third-order valence-electron chi connectivity index (χ3n) is 6.52. The van der Waals surface area contributed by atoms with Gasteiger partial charge >= 0.3 is 0 Å². The molecule has 2 amide bonds. The van der Waals surface area contributed by atoms with Crippen molar-refractivity contribution >= 4 is 27.5 Å². The van der Waals surface area contributed by atoms with E-state index >= 15 is 0 Å². The number of hydrogen-bond donors (Lipinski definition) is 2. The van der Waals surface area contributed by atoms with Gasteiger partial charge in [0.1, 0.15) is 23.4 Å². The first-order valence-electron chi connectivity index (χ1n) is 13.6. The van der Waals surface area contributed by atoms with Crippen LogP contribution >= 0.6 is 0 Å². The maximum atomic E-state index is 13.7. The Balaban J connectivity index is 1.54. The molecule has 9 nitrogen and oxygen atoms in total. The fourth-order valence-electron chi connectivity index (χ4n) is 4.30. The molecule has 0 spiro atoms. The van der Waals surface area contributed by atoms with Crippen molar-refractivity contribution in [3.05, 3.63) is 133 Å². The lowest BCUT2D eigenvalue weighted by molar-refractivity contribution is -0.143. The van der Waals surface area contributed by atoms with Gasteiger partial charge in [-0.3, -0.25) is 14.3 Å². The van der Waals surface area contributed by atoms with Crippen molar-refractivity contribution in [2.24, 2.45) is 0 Å². The predicted molar refractivity (Wildman–Crippen MR) is 165 cm³/mol. The summed E-state index contributed by atoms with van der Waals surface area (Å²) in [6.45, 7) is 3.55. The van der Waals surface area contributed by atoms with Crippen LogP contribution in [0.1, 0.15) is 17.2 Å². The van der Waals surface area contributed by atoms with Gasteiger partial charge in [0, 0.05) is 18.8 Å². The Hall–Kier alpha value is -5.16. The van der Waals surface area contributed by atoms with Gasteiger partial charge in [-0.15, -0.1) is 6.58 Å². The molecule has 1 atom stereocenters. The minimum absolute atomic E-state index is 0.0512. The molecule has 44 heavy (non-hydrogen) atoms. The Morgan fingerprint density at radius 3 is 2.16 bits per heavy atom. The van der Waals surface area contributed by atoms with Gasteiger partial charge < -0.3 is 19.7 Å². The SMILES string of the molecule is C=CCNC(=O)C(c1ccccc1)N(Cc1ccc(OC)cc1)C(=O)COc1ccc(S(=O)(=O)Nc2ccc(F)cc2)cc1. The summed E-state index contributed by atoms with van der Waals surface area (Å²) in [6, 6.07) is 25.5. The molecule has 0 radical (unpaired) electrons. The van der Waals surface area contributed by atoms with Crippen molar-refractivity contribution in [1.29, 1.82) is 0 Å². The highest BCUT2D eigenvalue weighted by atomic mass is 32.2. The van der Waals surface area contributed by atoms with Crippen molar-refractivity contribution < 1.29 is 31.9 Å². The molecule has 2 N–H and O–H groups in total. The minimum Gasteiger partial charge on any atom is -0.497 e. The number of anilines is 1. The largest absolute Gasteiger partial charge is 0.497 e. The minimum atomic E-state index is -3.95. The zero-order valence-electron chi connectivity index (χ0n) is 24.0. The van der Waals surface area contributed by atoms with Gasteiger partial charge in [0.25, 0.3) is 15.9 Å². The van der Waals surface area contributed by atoms with Gasteiger partial charge in [-0.05, 0) is 71.8 Å². The molecule has 0 heterocycles. The van der Waals surface area contributed by atoms with Crippen LogP contribution in [-0.4, -0.2) is 45.4 Å². The van der Waals surface area contributed by atoms with Crippen LogP contribution in [0.5, 0.6) is 11.5 Å². The molecule has 0 saturated carbocycles. The highest BCUT2D eigenvalue weighted by Crippen LogP contribution is 2.26. The van der Waals surface area contributed by atoms with E-state index in [2.05, 4.69) is 16.6 Å². The van der Waals surface area contributed by atoms with Crippen LogP contribution in [0.3, 0.4) is 0 Å². The molecule has 0 saturated heterocycles. The van der Waals surface area contributed by atoms with E-state index in [0.717, 1.165) is 17.7 Å². The zero-order chi connectivity index (χ0) is 31.5. The maximum Gasteiger partial charge on any atom is 0.261 e. The molecule has 4 rings (SSSR count). The van der Waals surface area contributed by atoms with Gasteiger partial charge in [0.05, 0.1) is 12.0 Å². The summed E-state index contributed by atoms with van der Waals surface area (Å²) < 4.78 is 52.1. The van der Waals surface area contributed by atoms with Crippen molar-refractivity contribution in [2.45, 2.75) is 17.5 Å². The molecule has 228 valence electrons. The van der Waals surface area contributed by atoms with Gasteiger partial charge in [0.15, 0.2) is 6.61 Å². The quantitative estimate of drug-likeness (QED) is 0.191. The number of nitrogens with zero attached hydrogens (tertiary/aromatic N) is 1. The Labute approximate surface area is 256 Å². The molecule has 1 unspecified atom stereocenters. The number of amides is 2. The third kappa shape index (κ3) is 8.45. The number of benzene rings is 4. The lowest BCUT2D eigenvalue weighted by Gasteiger charge is -2.31. The summed E-state index contributed by atoms with van der Waals surface area (Å²) in [5, 5.41) is 2.79. The second-order valence-corrected chi connectivity index (χ2v) is 11.3. The fraction of sp³-hybridized carbons (Fsp3) is 0.152. The van der Waals surface area contributed by atoms with Gasteiger partial charge in [0.2, 0.25) is 5.91 Å². The van der Waals surface area contributed by atoms with E-state index in [9.17, 15) is 22.4 Å². The summed E-state index contributed by atoms with van der Waals surface area (Å²) >= 11 is 0. The van der Waals surface area contributed by atoms with E-state index < -0.39 is 34.4 Å². The molecular formula is C33H32FN3O6S. The van der Waals surface area contributed by atoms with Crippen molar-refractivity contribution in [3.63, 3.8) is 0 Å². The van der Waals surface area contributed by atoms with Crippen LogP contribution in [0.15, 0.2) is 121 Å². The Bertz CT molecular complexity index is 1660. The summed E-state index contributed by atoms with van der Waals surface area (Å²) in [7, 11) is -2.39. The monoisotopic (exact) mass is 617 g/mol. The number of halogens is 1. The van der Waals surface area contributed by atoms with Crippen molar-refractivity contribution in [3.8, 4) is 11.5 Å². The Kier molecular flexibility index (Phi) is 10.7. The van der Waals surface area contributed by atoms with E-state index in [0.29, 0.717) is 11.3 Å². The van der Waals surface area contributed by atoms with E-state index in [4.69, 9.17) is 9.47 Å². The zero-order valence-corrected chi connectivity index (χ0v) is 24.8. The highest BCUT2D eigenvalue weighted by Gasteiger charge is 2.31. The lowest BCUT2D eigenvalue weighted by atomic mass is 10.0. The first-order valence-corrected chi connectivity index (χ1v) is 15.1. The van der Waals surface area contributed by atoms with Gasteiger partial charge in [-0.2, -0.15) is 0 Å². The number of methoxy groups -OCH3 is 1. The summed E-state index contributed by atoms with van der Waals surface area (Å²) in [5.41, 5.74) is 1.58. The van der Waals surface area contributed by atoms with E-state index in [-0.39, 0.29) is 35.3 Å². The second kappa shape index (κ2) is 14.8. The second-order valence-electron chi connectivity index (χ2n) is 9.59. The third-order valence-corrected chi connectivity index (χ3v) is 7.92. The van der Waals surface area contributed by atoms with Crippen LogP contribution < -0.4 is 19.5 Å². The highest BCUT2D eigenvalue weighted by molar-refractivity contribution is 7.92. The molecule has 0 aliphatic heterocycles. The van der Waals surface area contributed by atoms with Crippen LogP contribution in [0.2, 0.25) is 0 Å². The molecule has 0 aliphatic carbocycles. The first-order chi connectivity index (χ1) is 21.2. The number of rotatable bonds is 14. The average molecular weight is 618 g/mol. The Morgan fingerprint density at radius 1 is 0.909 bits per heavy atom. The van der Waals surface area contributed by atoms with Crippen LogP contribution in [-0.2, 0) is 26.2 Å². The molecule has 4 aromatic rings. The number of hydrogen-bond acceptors (Lipinski definition) is 6.